The van der Waals surface area contributed by atoms with E-state index >= 15 is 0 Å². The highest BCUT2D eigenvalue weighted by molar-refractivity contribution is 6.17. The standard InChI is InChI=1S/C29H33FN6O4/c1-5-18-6-8-22(30)21(14-18)25(37)32-24(17(2)3)26(38)35-12-10-29(11-13-35)27(39)34(4)28(40)36(29)20-7-9-23-19(15-20)16-31-33-23/h6-9,14-17,24H,5,10-13H2,1-4H3,(H,31,33)(H,32,37)/t24-/m1/s1. The minimum absolute atomic E-state index is 0.0984. The maximum atomic E-state index is 14.4. The van der Waals surface area contributed by atoms with Crippen LogP contribution < -0.4 is 10.2 Å². The second kappa shape index (κ2) is 10.4. The Morgan fingerprint density at radius 1 is 1.12 bits per heavy atom. The largest absolute Gasteiger partial charge is 0.341 e. The molecule has 2 fully saturated rings. The number of benzene rings is 2. The number of carbonyl (C=O) groups excluding carboxylic acids is 4. The molecule has 1 atom stereocenters. The third-order valence-electron chi connectivity index (χ3n) is 8.10. The Bertz CT molecular complexity index is 1490. The van der Waals surface area contributed by atoms with Gasteiger partial charge in [-0.1, -0.05) is 26.8 Å². The van der Waals surface area contributed by atoms with Gasteiger partial charge in [-0.3, -0.25) is 29.3 Å². The lowest BCUT2D eigenvalue weighted by molar-refractivity contribution is -0.139. The monoisotopic (exact) mass is 548 g/mol. The molecular weight excluding hydrogens is 515 g/mol. The molecule has 1 aromatic heterocycles. The highest BCUT2D eigenvalue weighted by atomic mass is 19.1. The molecule has 3 heterocycles. The van der Waals surface area contributed by atoms with E-state index in [1.54, 1.807) is 23.2 Å². The number of H-pyrrole nitrogens is 1. The number of likely N-dealkylation sites (N-methyl/N-ethyl adjacent to an activating group) is 1. The number of aromatic amines is 1. The predicted octanol–water partition coefficient (Wildman–Crippen LogP) is 3.48. The molecule has 1 spiro atoms. The molecule has 2 N–H and O–H groups in total. The number of imide groups is 1. The van der Waals surface area contributed by atoms with Crippen LogP contribution in [0.1, 0.15) is 49.5 Å². The molecule has 0 radical (unpaired) electrons. The number of hydrogen-bond donors (Lipinski definition) is 2. The molecule has 5 amide bonds. The van der Waals surface area contributed by atoms with Crippen molar-refractivity contribution < 1.29 is 23.6 Å². The Kier molecular flexibility index (Phi) is 7.07. The van der Waals surface area contributed by atoms with Crippen molar-refractivity contribution in [3.8, 4) is 0 Å². The van der Waals surface area contributed by atoms with Gasteiger partial charge in [-0.05, 0) is 61.1 Å². The number of piperidine rings is 1. The molecule has 2 aliphatic rings. The second-order valence-electron chi connectivity index (χ2n) is 10.8. The van der Waals surface area contributed by atoms with Gasteiger partial charge in [-0.15, -0.1) is 0 Å². The van der Waals surface area contributed by atoms with Crippen LogP contribution in [0.5, 0.6) is 0 Å². The van der Waals surface area contributed by atoms with Crippen LogP contribution in [0.3, 0.4) is 0 Å². The van der Waals surface area contributed by atoms with E-state index in [0.29, 0.717) is 12.1 Å². The van der Waals surface area contributed by atoms with E-state index in [9.17, 15) is 23.6 Å². The predicted molar refractivity (Wildman–Crippen MR) is 147 cm³/mol. The van der Waals surface area contributed by atoms with Gasteiger partial charge in [-0.2, -0.15) is 5.10 Å². The van der Waals surface area contributed by atoms with Gasteiger partial charge >= 0.3 is 6.03 Å². The van der Waals surface area contributed by atoms with E-state index in [0.717, 1.165) is 21.4 Å². The summed E-state index contributed by atoms with van der Waals surface area (Å²) in [5, 5.41) is 10.5. The number of hydrogen-bond acceptors (Lipinski definition) is 5. The maximum Gasteiger partial charge on any atom is 0.331 e. The first-order chi connectivity index (χ1) is 19.1. The van der Waals surface area contributed by atoms with Gasteiger partial charge in [0.05, 0.1) is 17.3 Å². The maximum absolute atomic E-state index is 14.4. The Labute approximate surface area is 231 Å². The molecular formula is C29H33FN6O4. The first-order valence-corrected chi connectivity index (χ1v) is 13.5. The van der Waals surface area contributed by atoms with Crippen molar-refractivity contribution in [3.63, 3.8) is 0 Å². The second-order valence-corrected chi connectivity index (χ2v) is 10.8. The first kappa shape index (κ1) is 27.3. The molecule has 3 aromatic rings. The van der Waals surface area contributed by atoms with Crippen LogP contribution in [0.15, 0.2) is 42.6 Å². The summed E-state index contributed by atoms with van der Waals surface area (Å²) < 4.78 is 14.4. The number of amides is 5. The number of aryl methyl sites for hydroxylation is 1. The SMILES string of the molecule is CCc1ccc(F)c(C(=O)N[C@@H](C(=O)N2CCC3(CC2)C(=O)N(C)C(=O)N3c2ccc3[nH]ncc3c2)C(C)C)c1. The minimum Gasteiger partial charge on any atom is -0.341 e. The molecule has 0 unspecified atom stereocenters. The third-order valence-corrected chi connectivity index (χ3v) is 8.10. The average molecular weight is 549 g/mol. The van der Waals surface area contributed by atoms with Crippen LogP contribution in [-0.4, -0.2) is 75.5 Å². The Morgan fingerprint density at radius 2 is 1.85 bits per heavy atom. The molecule has 0 bridgehead atoms. The van der Waals surface area contributed by atoms with Gasteiger partial charge in [-0.25, -0.2) is 9.18 Å². The molecule has 210 valence electrons. The molecule has 2 aliphatic heterocycles. The molecule has 2 saturated heterocycles. The number of anilines is 1. The zero-order valence-electron chi connectivity index (χ0n) is 23.0. The van der Waals surface area contributed by atoms with Crippen LogP contribution in [0.25, 0.3) is 10.9 Å². The van der Waals surface area contributed by atoms with Crippen LogP contribution in [0.2, 0.25) is 0 Å². The molecule has 40 heavy (non-hydrogen) atoms. The number of nitrogens with zero attached hydrogens (tertiary/aromatic N) is 4. The highest BCUT2D eigenvalue weighted by Gasteiger charge is 2.58. The van der Waals surface area contributed by atoms with E-state index in [2.05, 4.69) is 15.5 Å². The molecule has 0 saturated carbocycles. The zero-order chi connectivity index (χ0) is 28.8. The Hall–Kier alpha value is -4.28. The van der Waals surface area contributed by atoms with Gasteiger partial charge in [0, 0.05) is 31.2 Å². The Balaban J connectivity index is 1.35. The first-order valence-electron chi connectivity index (χ1n) is 13.5. The minimum atomic E-state index is -1.12. The molecule has 10 nitrogen and oxygen atoms in total. The van der Waals surface area contributed by atoms with E-state index < -0.39 is 29.3 Å². The number of urea groups is 1. The number of aromatic nitrogens is 2. The summed E-state index contributed by atoms with van der Waals surface area (Å²) in [4.78, 5) is 57.6. The van der Waals surface area contributed by atoms with Gasteiger partial charge in [0.15, 0.2) is 0 Å². The van der Waals surface area contributed by atoms with E-state index in [1.165, 1.54) is 24.1 Å². The fourth-order valence-electron chi connectivity index (χ4n) is 5.68. The fourth-order valence-corrected chi connectivity index (χ4v) is 5.68. The molecule has 5 rings (SSSR count). The van der Waals surface area contributed by atoms with Crippen LogP contribution >= 0.6 is 0 Å². The summed E-state index contributed by atoms with van der Waals surface area (Å²) in [7, 11) is 1.47. The zero-order valence-corrected chi connectivity index (χ0v) is 23.0. The highest BCUT2D eigenvalue weighted by Crippen LogP contribution is 2.41. The number of fused-ring (bicyclic) bond motifs is 1. The molecule has 0 aliphatic carbocycles. The normalized spacial score (nSPS) is 17.8. The summed E-state index contributed by atoms with van der Waals surface area (Å²) in [5.74, 6) is -2.17. The van der Waals surface area contributed by atoms with Crippen molar-refractivity contribution in [1.29, 1.82) is 0 Å². The number of likely N-dealkylation sites (tertiary alicyclic amines) is 1. The van der Waals surface area contributed by atoms with E-state index in [4.69, 9.17) is 0 Å². The third kappa shape index (κ3) is 4.48. The van der Waals surface area contributed by atoms with E-state index in [1.807, 2.05) is 32.9 Å². The molecule has 2 aromatic carbocycles. The summed E-state index contributed by atoms with van der Waals surface area (Å²) >= 11 is 0. The van der Waals surface area contributed by atoms with Gasteiger partial charge in [0.1, 0.15) is 17.4 Å². The number of carbonyl (C=O) groups is 4. The van der Waals surface area contributed by atoms with Crippen LogP contribution in [0.4, 0.5) is 14.9 Å². The number of halogens is 1. The van der Waals surface area contributed by atoms with Crippen LogP contribution in [0, 0.1) is 11.7 Å². The summed E-state index contributed by atoms with van der Waals surface area (Å²) in [6.07, 6.45) is 2.78. The summed E-state index contributed by atoms with van der Waals surface area (Å²) in [6.45, 7) is 5.98. The summed E-state index contributed by atoms with van der Waals surface area (Å²) in [5.41, 5.74) is 0.990. The quantitative estimate of drug-likeness (QED) is 0.458. The van der Waals surface area contributed by atoms with E-state index in [-0.39, 0.29) is 49.2 Å². The van der Waals surface area contributed by atoms with Gasteiger partial charge in [0.25, 0.3) is 11.8 Å². The lowest BCUT2D eigenvalue weighted by Gasteiger charge is -2.43. The van der Waals surface area contributed by atoms with Crippen molar-refractivity contribution >= 4 is 40.3 Å². The van der Waals surface area contributed by atoms with Crippen molar-refractivity contribution in [3.05, 3.63) is 59.5 Å². The van der Waals surface area contributed by atoms with Gasteiger partial charge in [0.2, 0.25) is 5.91 Å². The molecule has 11 heteroatoms. The average Bonchev–Trinajstić information content (AvgIpc) is 3.49. The number of nitrogens with one attached hydrogen (secondary N) is 2. The van der Waals surface area contributed by atoms with Crippen molar-refractivity contribution in [1.82, 2.24) is 25.3 Å². The lowest BCUT2D eigenvalue weighted by Crippen LogP contribution is -2.60. The van der Waals surface area contributed by atoms with Crippen molar-refractivity contribution in [2.75, 3.05) is 25.0 Å². The van der Waals surface area contributed by atoms with Crippen molar-refractivity contribution in [2.45, 2.75) is 51.6 Å². The number of rotatable bonds is 6. The smallest absolute Gasteiger partial charge is 0.331 e. The Morgan fingerprint density at radius 3 is 2.52 bits per heavy atom. The topological polar surface area (TPSA) is 119 Å². The lowest BCUT2D eigenvalue weighted by atomic mass is 9.85. The van der Waals surface area contributed by atoms with Crippen LogP contribution in [-0.2, 0) is 16.0 Å². The fraction of sp³-hybridized carbons (Fsp3) is 0.414. The summed E-state index contributed by atoms with van der Waals surface area (Å²) in [6, 6.07) is 8.51. The van der Waals surface area contributed by atoms with Crippen molar-refractivity contribution in [2.24, 2.45) is 5.92 Å². The van der Waals surface area contributed by atoms with Gasteiger partial charge < -0.3 is 10.2 Å².